The highest BCUT2D eigenvalue weighted by atomic mass is 32.1. The van der Waals surface area contributed by atoms with E-state index in [1.165, 1.54) is 48.8 Å². The Morgan fingerprint density at radius 2 is 1.79 bits per heavy atom. The third kappa shape index (κ3) is 4.04. The first kappa shape index (κ1) is 20.7. The maximum absolute atomic E-state index is 13.2. The molecule has 0 aliphatic carbocycles. The van der Waals surface area contributed by atoms with Gasteiger partial charge in [0.25, 0.3) is 5.91 Å². The highest BCUT2D eigenvalue weighted by Crippen LogP contribution is 2.38. The molecule has 2 aromatic heterocycles. The predicted molar refractivity (Wildman–Crippen MR) is 102 cm³/mol. The number of methoxy groups -OCH3 is 1. The molecule has 0 radical (unpaired) electrons. The minimum Gasteiger partial charge on any atom is -0.465 e. The summed E-state index contributed by atoms with van der Waals surface area (Å²) in [6.45, 7) is 3.52. The number of carbonyl (C=O) groups excluding carboxylic acids is 2. The predicted octanol–water partition coefficient (Wildman–Crippen LogP) is 5.68. The van der Waals surface area contributed by atoms with Gasteiger partial charge in [0.15, 0.2) is 5.76 Å². The Balaban J connectivity index is 1.91. The lowest BCUT2D eigenvalue weighted by atomic mass is 10.1. The molecule has 29 heavy (non-hydrogen) atoms. The first-order chi connectivity index (χ1) is 13.6. The van der Waals surface area contributed by atoms with E-state index in [4.69, 9.17) is 9.15 Å². The lowest BCUT2D eigenvalue weighted by molar-refractivity contribution is -0.137. The van der Waals surface area contributed by atoms with Crippen molar-refractivity contribution in [3.8, 4) is 11.3 Å². The Morgan fingerprint density at radius 3 is 2.45 bits per heavy atom. The van der Waals surface area contributed by atoms with Crippen LogP contribution in [0.1, 0.15) is 36.9 Å². The number of aryl methyl sites for hydroxylation is 1. The molecule has 0 bridgehead atoms. The molecule has 0 atom stereocenters. The number of esters is 1. The number of benzene rings is 1. The summed E-state index contributed by atoms with van der Waals surface area (Å²) >= 11 is 1.19. The standard InChI is InChI=1S/C20H16F3NO4S/c1-10-11(2)29-18(16(10)19(26)27-3)24-17(25)15-9-8-14(28-15)12-6-4-5-7-13(12)20(21,22)23/h4-9H,1-3H3,(H,24,25). The van der Waals surface area contributed by atoms with Gasteiger partial charge >= 0.3 is 12.1 Å². The van der Waals surface area contributed by atoms with Gasteiger partial charge in [-0.3, -0.25) is 4.79 Å². The van der Waals surface area contributed by atoms with Crippen molar-refractivity contribution in [3.05, 3.63) is 63.7 Å². The number of ether oxygens (including phenoxy) is 1. The summed E-state index contributed by atoms with van der Waals surface area (Å²) in [6.07, 6.45) is -4.56. The maximum Gasteiger partial charge on any atom is 0.417 e. The summed E-state index contributed by atoms with van der Waals surface area (Å²) in [6, 6.07) is 7.52. The van der Waals surface area contributed by atoms with Gasteiger partial charge in [0.05, 0.1) is 18.2 Å². The summed E-state index contributed by atoms with van der Waals surface area (Å²) in [4.78, 5) is 25.4. The number of anilines is 1. The largest absolute Gasteiger partial charge is 0.465 e. The Hall–Kier alpha value is -3.07. The molecule has 152 valence electrons. The second-order valence-corrected chi connectivity index (χ2v) is 7.37. The summed E-state index contributed by atoms with van der Waals surface area (Å²) in [5.74, 6) is -1.56. The summed E-state index contributed by atoms with van der Waals surface area (Å²) in [5.41, 5.74) is -0.121. The molecule has 0 fully saturated rings. The molecule has 0 unspecified atom stereocenters. The number of halogens is 3. The van der Waals surface area contributed by atoms with Gasteiger partial charge in [0.2, 0.25) is 0 Å². The fourth-order valence-electron chi connectivity index (χ4n) is 2.78. The molecular weight excluding hydrogens is 407 g/mol. The highest BCUT2D eigenvalue weighted by Gasteiger charge is 2.34. The van der Waals surface area contributed by atoms with Crippen LogP contribution in [0.25, 0.3) is 11.3 Å². The monoisotopic (exact) mass is 423 g/mol. The zero-order chi connectivity index (χ0) is 21.3. The van der Waals surface area contributed by atoms with Crippen molar-refractivity contribution >= 4 is 28.2 Å². The van der Waals surface area contributed by atoms with E-state index in [1.807, 2.05) is 0 Å². The smallest absolute Gasteiger partial charge is 0.417 e. The SMILES string of the molecule is COC(=O)c1c(NC(=O)c2ccc(-c3ccccc3C(F)(F)F)o2)sc(C)c1C. The molecule has 0 aliphatic heterocycles. The molecular formula is C20H16F3NO4S. The van der Waals surface area contributed by atoms with Crippen LogP contribution in [-0.4, -0.2) is 19.0 Å². The molecule has 5 nitrogen and oxygen atoms in total. The zero-order valence-electron chi connectivity index (χ0n) is 15.6. The van der Waals surface area contributed by atoms with E-state index in [2.05, 4.69) is 5.32 Å². The third-order valence-corrected chi connectivity index (χ3v) is 5.45. The van der Waals surface area contributed by atoms with E-state index >= 15 is 0 Å². The summed E-state index contributed by atoms with van der Waals surface area (Å²) in [7, 11) is 1.23. The van der Waals surface area contributed by atoms with Crippen LogP contribution in [-0.2, 0) is 10.9 Å². The van der Waals surface area contributed by atoms with Crippen molar-refractivity contribution in [1.29, 1.82) is 0 Å². The molecule has 1 N–H and O–H groups in total. The fourth-order valence-corrected chi connectivity index (χ4v) is 3.82. The van der Waals surface area contributed by atoms with Gasteiger partial charge in [-0.2, -0.15) is 13.2 Å². The van der Waals surface area contributed by atoms with E-state index in [-0.39, 0.29) is 27.6 Å². The van der Waals surface area contributed by atoms with E-state index in [0.717, 1.165) is 10.9 Å². The summed E-state index contributed by atoms with van der Waals surface area (Å²) < 4.78 is 49.8. The number of hydrogen-bond donors (Lipinski definition) is 1. The van der Waals surface area contributed by atoms with Crippen molar-refractivity contribution in [1.82, 2.24) is 0 Å². The topological polar surface area (TPSA) is 68.5 Å². The number of nitrogens with one attached hydrogen (secondary N) is 1. The van der Waals surface area contributed by atoms with Crippen LogP contribution < -0.4 is 5.32 Å². The number of amides is 1. The lowest BCUT2D eigenvalue weighted by Crippen LogP contribution is -2.13. The molecule has 0 saturated carbocycles. The van der Waals surface area contributed by atoms with Crippen LogP contribution in [0.3, 0.4) is 0 Å². The number of thiophene rings is 1. The third-order valence-electron chi connectivity index (χ3n) is 4.33. The molecule has 0 aliphatic rings. The van der Waals surface area contributed by atoms with Crippen molar-refractivity contribution < 1.29 is 31.9 Å². The average Bonchev–Trinajstić information content (AvgIpc) is 3.26. The maximum atomic E-state index is 13.2. The molecule has 0 saturated heterocycles. The van der Waals surface area contributed by atoms with Gasteiger partial charge in [-0.05, 0) is 37.6 Å². The van der Waals surface area contributed by atoms with Crippen molar-refractivity contribution in [2.75, 3.05) is 12.4 Å². The van der Waals surface area contributed by atoms with Gasteiger partial charge < -0.3 is 14.5 Å². The number of carbonyl (C=O) groups is 2. The number of rotatable bonds is 4. The zero-order valence-corrected chi connectivity index (χ0v) is 16.5. The molecule has 0 spiro atoms. The Morgan fingerprint density at radius 1 is 1.10 bits per heavy atom. The van der Waals surface area contributed by atoms with Crippen LogP contribution in [0.4, 0.5) is 18.2 Å². The van der Waals surface area contributed by atoms with Gasteiger partial charge in [-0.25, -0.2) is 4.79 Å². The van der Waals surface area contributed by atoms with Crippen LogP contribution in [0.5, 0.6) is 0 Å². The normalized spacial score (nSPS) is 11.4. The van der Waals surface area contributed by atoms with Crippen LogP contribution in [0.15, 0.2) is 40.8 Å². The highest BCUT2D eigenvalue weighted by molar-refractivity contribution is 7.16. The number of hydrogen-bond acceptors (Lipinski definition) is 5. The molecule has 9 heteroatoms. The molecule has 1 aromatic carbocycles. The second kappa shape index (κ2) is 7.75. The Kier molecular flexibility index (Phi) is 5.52. The van der Waals surface area contributed by atoms with Crippen LogP contribution in [0, 0.1) is 13.8 Å². The van der Waals surface area contributed by atoms with Gasteiger partial charge in [-0.1, -0.05) is 18.2 Å². The van der Waals surface area contributed by atoms with Gasteiger partial charge in [-0.15, -0.1) is 11.3 Å². The van der Waals surface area contributed by atoms with Crippen molar-refractivity contribution in [2.45, 2.75) is 20.0 Å². The molecule has 3 rings (SSSR count). The van der Waals surface area contributed by atoms with Crippen LogP contribution in [0.2, 0.25) is 0 Å². The van der Waals surface area contributed by atoms with E-state index in [0.29, 0.717) is 5.56 Å². The van der Waals surface area contributed by atoms with E-state index in [9.17, 15) is 22.8 Å². The van der Waals surface area contributed by atoms with E-state index < -0.39 is 23.6 Å². The van der Waals surface area contributed by atoms with Crippen LogP contribution >= 0.6 is 11.3 Å². The number of alkyl halides is 3. The van der Waals surface area contributed by atoms with Gasteiger partial charge in [0, 0.05) is 10.4 Å². The molecule has 1 amide bonds. The van der Waals surface area contributed by atoms with Crippen molar-refractivity contribution in [3.63, 3.8) is 0 Å². The summed E-state index contributed by atoms with van der Waals surface area (Å²) in [5, 5.41) is 2.86. The minimum atomic E-state index is -4.56. The van der Waals surface area contributed by atoms with Crippen molar-refractivity contribution in [2.24, 2.45) is 0 Å². The second-order valence-electron chi connectivity index (χ2n) is 6.14. The quantitative estimate of drug-likeness (QED) is 0.548. The fraction of sp³-hybridized carbons (Fsp3) is 0.200. The molecule has 3 aromatic rings. The minimum absolute atomic E-state index is 0.0881. The Labute approximate surface area is 168 Å². The lowest BCUT2D eigenvalue weighted by Gasteiger charge is -2.10. The molecule has 2 heterocycles. The van der Waals surface area contributed by atoms with E-state index in [1.54, 1.807) is 13.8 Å². The first-order valence-electron chi connectivity index (χ1n) is 8.39. The van der Waals surface area contributed by atoms with Gasteiger partial charge in [0.1, 0.15) is 10.8 Å². The Bertz CT molecular complexity index is 1080. The number of furan rings is 1. The first-order valence-corrected chi connectivity index (χ1v) is 9.21. The average molecular weight is 423 g/mol.